The van der Waals surface area contributed by atoms with Gasteiger partial charge in [0.15, 0.2) is 0 Å². The maximum atomic E-state index is 13.2. The normalized spacial score (nSPS) is 25.8. The number of aliphatic hydroxyl groups is 1. The highest BCUT2D eigenvalue weighted by Gasteiger charge is 2.55. The molecule has 2 fully saturated rings. The summed E-state index contributed by atoms with van der Waals surface area (Å²) in [5.74, 6) is 0.0126. The van der Waals surface area contributed by atoms with E-state index in [1.54, 1.807) is 17.0 Å². The minimum absolute atomic E-state index is 0.000176. The molecule has 2 aromatic carbocycles. The quantitative estimate of drug-likeness (QED) is 0.561. The Hall–Kier alpha value is -1.83. The Morgan fingerprint density at radius 3 is 2.50 bits per heavy atom. The van der Waals surface area contributed by atoms with Crippen molar-refractivity contribution in [1.82, 2.24) is 15.8 Å². The second-order valence-corrected chi connectivity index (χ2v) is 8.88. The Bertz CT molecular complexity index is 984. The van der Waals surface area contributed by atoms with Crippen LogP contribution in [0.15, 0.2) is 30.3 Å². The van der Waals surface area contributed by atoms with Crippen LogP contribution in [0.4, 0.5) is 0 Å². The smallest absolute Gasteiger partial charge is 0.242 e. The molecule has 0 aromatic heterocycles. The van der Waals surface area contributed by atoms with Gasteiger partial charge in [0.05, 0.1) is 22.1 Å². The summed E-state index contributed by atoms with van der Waals surface area (Å²) in [6, 6.07) is 8.30. The first kappa shape index (κ1) is 21.4. The number of amides is 1. The molecule has 2 heterocycles. The molecule has 2 saturated heterocycles. The van der Waals surface area contributed by atoms with Crippen molar-refractivity contribution in [3.05, 3.63) is 62.6 Å². The number of rotatable bonds is 5. The van der Waals surface area contributed by atoms with Gasteiger partial charge < -0.3 is 15.1 Å². The lowest BCUT2D eigenvalue weighted by atomic mass is 9.82. The number of likely N-dealkylation sites (tertiary alicyclic amines) is 1. The Morgan fingerprint density at radius 2 is 1.80 bits per heavy atom. The molecule has 8 heteroatoms. The molecule has 0 spiro atoms. The number of hydrazine groups is 1. The van der Waals surface area contributed by atoms with Crippen LogP contribution in [0.3, 0.4) is 0 Å². The molecule has 160 valence electrons. The van der Waals surface area contributed by atoms with Crippen LogP contribution < -0.4 is 10.9 Å². The number of hydrogen-bond acceptors (Lipinski definition) is 5. The Morgan fingerprint density at radius 1 is 1.07 bits per heavy atom. The monoisotopic (exact) mass is 449 g/mol. The van der Waals surface area contributed by atoms with Crippen molar-refractivity contribution in [3.8, 4) is 5.75 Å². The van der Waals surface area contributed by atoms with Crippen molar-refractivity contribution in [3.63, 3.8) is 0 Å². The zero-order chi connectivity index (χ0) is 21.6. The van der Waals surface area contributed by atoms with Gasteiger partial charge in [-0.2, -0.15) is 0 Å². The highest BCUT2D eigenvalue weighted by molar-refractivity contribution is 6.42. The van der Waals surface area contributed by atoms with Crippen molar-refractivity contribution >= 4 is 29.1 Å². The lowest BCUT2D eigenvalue weighted by Crippen LogP contribution is -2.41. The number of aliphatic hydroxyl groups excluding tert-OH is 1. The molecule has 4 atom stereocenters. The molecule has 0 aliphatic carbocycles. The Kier molecular flexibility index (Phi) is 5.97. The number of aromatic hydroxyl groups is 1. The maximum Gasteiger partial charge on any atom is 0.242 e. The molecule has 2 aliphatic heterocycles. The largest absolute Gasteiger partial charge is 0.507 e. The standard InChI is InChI=1S/C22H25Cl2N3O3/c1-11-8-12(2)21(29)14(9-11)18-17-19(26-25-18)22(30)27(6-3-7-28)20(17)13-4-5-15(23)16(24)10-13/h4-5,8-10,17-20,25-26,28-29H,3,6-7H2,1-2H3. The number of fused-ring (bicyclic) bond motifs is 1. The summed E-state index contributed by atoms with van der Waals surface area (Å²) in [7, 11) is 0. The molecule has 0 bridgehead atoms. The SMILES string of the molecule is Cc1cc(C)c(O)c(C2NNC3C(=O)N(CCCO)C(c4ccc(Cl)c(Cl)c4)C32)c1. The van der Waals surface area contributed by atoms with Crippen LogP contribution in [0, 0.1) is 19.8 Å². The molecule has 4 unspecified atom stereocenters. The first-order chi connectivity index (χ1) is 14.3. The van der Waals surface area contributed by atoms with Gasteiger partial charge >= 0.3 is 0 Å². The number of phenolic OH excluding ortho intramolecular Hbond substituents is 1. The number of phenols is 1. The number of halogens is 2. The van der Waals surface area contributed by atoms with Crippen LogP contribution in [0.2, 0.25) is 10.0 Å². The zero-order valence-electron chi connectivity index (χ0n) is 16.8. The molecule has 4 rings (SSSR count). The fourth-order valence-electron chi connectivity index (χ4n) is 4.78. The average Bonchev–Trinajstić information content (AvgIpc) is 3.24. The van der Waals surface area contributed by atoms with Crippen LogP contribution in [0.1, 0.15) is 40.8 Å². The third kappa shape index (κ3) is 3.57. The average molecular weight is 450 g/mol. The molecule has 2 aliphatic rings. The van der Waals surface area contributed by atoms with E-state index in [0.717, 1.165) is 22.3 Å². The van der Waals surface area contributed by atoms with E-state index in [1.807, 2.05) is 32.0 Å². The van der Waals surface area contributed by atoms with Crippen LogP contribution in [0.25, 0.3) is 0 Å². The predicted molar refractivity (Wildman–Crippen MR) is 116 cm³/mol. The molecule has 1 amide bonds. The summed E-state index contributed by atoms with van der Waals surface area (Å²) in [5, 5.41) is 21.0. The van der Waals surface area contributed by atoms with Gasteiger partial charge in [-0.25, -0.2) is 10.9 Å². The van der Waals surface area contributed by atoms with Crippen LogP contribution in [-0.4, -0.2) is 40.2 Å². The number of benzene rings is 2. The van der Waals surface area contributed by atoms with Crippen molar-refractivity contribution in [2.45, 2.75) is 38.4 Å². The van der Waals surface area contributed by atoms with E-state index in [0.29, 0.717) is 23.0 Å². The fraction of sp³-hybridized carbons (Fsp3) is 0.409. The molecular weight excluding hydrogens is 425 g/mol. The van der Waals surface area contributed by atoms with Crippen molar-refractivity contribution in [2.75, 3.05) is 13.2 Å². The van der Waals surface area contributed by atoms with Gasteiger partial charge in [-0.05, 0) is 43.5 Å². The molecule has 4 N–H and O–H groups in total. The lowest BCUT2D eigenvalue weighted by molar-refractivity contribution is -0.130. The van der Waals surface area contributed by atoms with E-state index < -0.39 is 6.04 Å². The molecular formula is C22H25Cl2N3O3. The van der Waals surface area contributed by atoms with E-state index >= 15 is 0 Å². The van der Waals surface area contributed by atoms with E-state index in [2.05, 4.69) is 10.9 Å². The van der Waals surface area contributed by atoms with E-state index in [-0.39, 0.29) is 36.3 Å². The highest BCUT2D eigenvalue weighted by Crippen LogP contribution is 2.49. The Balaban J connectivity index is 1.81. The number of nitrogens with zero attached hydrogens (tertiary/aromatic N) is 1. The summed E-state index contributed by atoms with van der Waals surface area (Å²) < 4.78 is 0. The number of carbonyl (C=O) groups is 1. The van der Waals surface area contributed by atoms with Gasteiger partial charge in [0, 0.05) is 24.6 Å². The van der Waals surface area contributed by atoms with Crippen LogP contribution >= 0.6 is 23.2 Å². The van der Waals surface area contributed by atoms with Crippen LogP contribution in [-0.2, 0) is 4.79 Å². The van der Waals surface area contributed by atoms with Crippen molar-refractivity contribution in [2.24, 2.45) is 5.92 Å². The molecule has 0 radical (unpaired) electrons. The summed E-state index contributed by atoms with van der Waals surface area (Å²) in [5.41, 5.74) is 9.85. The molecule has 0 saturated carbocycles. The van der Waals surface area contributed by atoms with Gasteiger partial charge in [-0.15, -0.1) is 0 Å². The van der Waals surface area contributed by atoms with Gasteiger partial charge in [0.1, 0.15) is 11.8 Å². The summed E-state index contributed by atoms with van der Waals surface area (Å²) in [6.45, 7) is 4.29. The van der Waals surface area contributed by atoms with E-state index in [9.17, 15) is 15.0 Å². The summed E-state index contributed by atoms with van der Waals surface area (Å²) >= 11 is 12.4. The number of aryl methyl sites for hydroxylation is 2. The molecule has 2 aromatic rings. The van der Waals surface area contributed by atoms with Gasteiger partial charge in [0.2, 0.25) is 5.91 Å². The lowest BCUT2D eigenvalue weighted by Gasteiger charge is -2.32. The zero-order valence-corrected chi connectivity index (χ0v) is 18.3. The summed E-state index contributed by atoms with van der Waals surface area (Å²) in [4.78, 5) is 15.0. The summed E-state index contributed by atoms with van der Waals surface area (Å²) in [6.07, 6.45) is 0.482. The third-order valence-corrected chi connectivity index (χ3v) is 6.80. The Labute approximate surface area is 185 Å². The highest BCUT2D eigenvalue weighted by atomic mass is 35.5. The maximum absolute atomic E-state index is 13.2. The van der Waals surface area contributed by atoms with Gasteiger partial charge in [-0.1, -0.05) is 47.0 Å². The second kappa shape index (κ2) is 8.36. The molecule has 30 heavy (non-hydrogen) atoms. The second-order valence-electron chi connectivity index (χ2n) is 8.07. The minimum atomic E-state index is -0.451. The van der Waals surface area contributed by atoms with Crippen molar-refractivity contribution < 1.29 is 15.0 Å². The van der Waals surface area contributed by atoms with Crippen LogP contribution in [0.5, 0.6) is 5.75 Å². The number of carbonyl (C=O) groups excluding carboxylic acids is 1. The van der Waals surface area contributed by atoms with E-state index in [1.165, 1.54) is 0 Å². The first-order valence-electron chi connectivity index (χ1n) is 10.0. The first-order valence-corrected chi connectivity index (χ1v) is 10.8. The minimum Gasteiger partial charge on any atom is -0.507 e. The number of hydrogen-bond donors (Lipinski definition) is 4. The predicted octanol–water partition coefficient (Wildman–Crippen LogP) is 3.42. The topological polar surface area (TPSA) is 84.8 Å². The van der Waals surface area contributed by atoms with Gasteiger partial charge in [-0.3, -0.25) is 4.79 Å². The number of nitrogens with one attached hydrogen (secondary N) is 2. The third-order valence-electron chi connectivity index (χ3n) is 6.07. The van der Waals surface area contributed by atoms with Gasteiger partial charge in [0.25, 0.3) is 0 Å². The molecule has 6 nitrogen and oxygen atoms in total. The fourth-order valence-corrected chi connectivity index (χ4v) is 5.09. The van der Waals surface area contributed by atoms with Crippen molar-refractivity contribution in [1.29, 1.82) is 0 Å². The van der Waals surface area contributed by atoms with E-state index in [4.69, 9.17) is 23.2 Å².